The average molecular weight is 298 g/mol. The summed E-state index contributed by atoms with van der Waals surface area (Å²) in [5, 5.41) is 17.5. The number of ether oxygens (including phenoxy) is 1. The van der Waals surface area contributed by atoms with Gasteiger partial charge in [0.2, 0.25) is 0 Å². The Bertz CT molecular complexity index is 438. The fourth-order valence-corrected chi connectivity index (χ4v) is 2.44. The highest BCUT2D eigenvalue weighted by atomic mass is 32.2. The van der Waals surface area contributed by atoms with Crippen LogP contribution in [0.2, 0.25) is 0 Å². The number of thioether (sulfide) groups is 1. The van der Waals surface area contributed by atoms with E-state index in [1.165, 1.54) is 11.8 Å². The molecule has 2 rings (SSSR count). The average Bonchev–Trinajstić information content (AvgIpc) is 2.46. The molecule has 7 heteroatoms. The Morgan fingerprint density at radius 1 is 1.30 bits per heavy atom. The zero-order valence-corrected chi connectivity index (χ0v) is 12.8. The van der Waals surface area contributed by atoms with E-state index in [1.54, 1.807) is 0 Å². The van der Waals surface area contributed by atoms with E-state index < -0.39 is 5.60 Å². The number of hydrogen-bond donors (Lipinski definition) is 3. The molecule has 0 aliphatic carbocycles. The molecule has 1 aromatic rings. The van der Waals surface area contributed by atoms with Gasteiger partial charge in [0, 0.05) is 45.2 Å². The van der Waals surface area contributed by atoms with E-state index in [-0.39, 0.29) is 0 Å². The van der Waals surface area contributed by atoms with Gasteiger partial charge in [-0.05, 0) is 13.2 Å². The van der Waals surface area contributed by atoms with Crippen LogP contribution in [-0.2, 0) is 4.74 Å². The van der Waals surface area contributed by atoms with Crippen molar-refractivity contribution in [3.8, 4) is 0 Å². The molecular weight excluding hydrogens is 276 g/mol. The van der Waals surface area contributed by atoms with Crippen molar-refractivity contribution < 1.29 is 9.84 Å². The molecule has 1 saturated heterocycles. The molecule has 0 bridgehead atoms. The summed E-state index contributed by atoms with van der Waals surface area (Å²) in [6, 6.07) is 1.87. The van der Waals surface area contributed by atoms with Crippen LogP contribution in [-0.4, -0.2) is 53.2 Å². The second-order valence-corrected chi connectivity index (χ2v) is 5.62. The fraction of sp³-hybridized carbons (Fsp3) is 0.692. The van der Waals surface area contributed by atoms with Crippen molar-refractivity contribution in [3.05, 3.63) is 6.07 Å². The quantitative estimate of drug-likeness (QED) is 0.543. The Morgan fingerprint density at radius 3 is 2.55 bits per heavy atom. The van der Waals surface area contributed by atoms with E-state index in [0.29, 0.717) is 37.8 Å². The highest BCUT2D eigenvalue weighted by molar-refractivity contribution is 7.98. The smallest absolute Gasteiger partial charge is 0.191 e. The maximum Gasteiger partial charge on any atom is 0.191 e. The summed E-state index contributed by atoms with van der Waals surface area (Å²) < 4.78 is 5.28. The molecule has 0 spiro atoms. The standard InChI is InChI=1S/C13H22N4O2S/c1-3-14-10-8-11(17-12(16-10)20-2)15-9-13(18)4-6-19-7-5-13/h8,18H,3-7,9H2,1-2H3,(H2,14,15,16,17). The second kappa shape index (κ2) is 7.10. The number of hydrogen-bond acceptors (Lipinski definition) is 7. The van der Waals surface area contributed by atoms with Crippen LogP contribution < -0.4 is 10.6 Å². The zero-order valence-electron chi connectivity index (χ0n) is 12.0. The molecule has 0 aromatic carbocycles. The molecule has 6 nitrogen and oxygen atoms in total. The molecule has 1 fully saturated rings. The Hall–Kier alpha value is -1.05. The van der Waals surface area contributed by atoms with Gasteiger partial charge in [-0.25, -0.2) is 9.97 Å². The summed E-state index contributed by atoms with van der Waals surface area (Å²) in [6.07, 6.45) is 3.25. The second-order valence-electron chi connectivity index (χ2n) is 4.85. The lowest BCUT2D eigenvalue weighted by Crippen LogP contribution is -2.42. The molecule has 0 radical (unpaired) electrons. The fourth-order valence-electron chi connectivity index (χ4n) is 2.06. The van der Waals surface area contributed by atoms with Crippen molar-refractivity contribution in [2.45, 2.75) is 30.5 Å². The molecule has 1 aliphatic heterocycles. The van der Waals surface area contributed by atoms with Gasteiger partial charge >= 0.3 is 0 Å². The van der Waals surface area contributed by atoms with Crippen LogP contribution in [0.25, 0.3) is 0 Å². The van der Waals surface area contributed by atoms with Crippen molar-refractivity contribution in [2.75, 3.05) is 43.2 Å². The number of aromatic nitrogens is 2. The zero-order chi connectivity index (χ0) is 14.4. The normalized spacial score (nSPS) is 17.8. The third-order valence-corrected chi connectivity index (χ3v) is 3.82. The summed E-state index contributed by atoms with van der Waals surface area (Å²) in [5.41, 5.74) is -0.707. The third-order valence-electron chi connectivity index (χ3n) is 3.27. The first kappa shape index (κ1) is 15.3. The van der Waals surface area contributed by atoms with Gasteiger partial charge in [0.25, 0.3) is 0 Å². The maximum atomic E-state index is 10.4. The van der Waals surface area contributed by atoms with Gasteiger partial charge in [0.05, 0.1) is 5.60 Å². The van der Waals surface area contributed by atoms with Crippen molar-refractivity contribution in [1.82, 2.24) is 9.97 Å². The maximum absolute atomic E-state index is 10.4. The van der Waals surface area contributed by atoms with E-state index in [1.807, 2.05) is 19.2 Å². The van der Waals surface area contributed by atoms with Crippen molar-refractivity contribution in [2.24, 2.45) is 0 Å². The minimum atomic E-state index is -0.707. The molecule has 0 unspecified atom stereocenters. The largest absolute Gasteiger partial charge is 0.388 e. The molecule has 112 valence electrons. The predicted octanol–water partition coefficient (Wildman–Crippen LogP) is 1.58. The Kier molecular flexibility index (Phi) is 5.45. The lowest BCUT2D eigenvalue weighted by atomic mass is 9.94. The van der Waals surface area contributed by atoms with E-state index >= 15 is 0 Å². The monoisotopic (exact) mass is 298 g/mol. The van der Waals surface area contributed by atoms with E-state index in [9.17, 15) is 5.11 Å². The highest BCUT2D eigenvalue weighted by Gasteiger charge is 2.29. The van der Waals surface area contributed by atoms with Gasteiger partial charge in [-0.1, -0.05) is 11.8 Å². The molecule has 0 saturated carbocycles. The van der Waals surface area contributed by atoms with Crippen LogP contribution in [0.4, 0.5) is 11.6 Å². The Labute approximate surface area is 123 Å². The lowest BCUT2D eigenvalue weighted by Gasteiger charge is -2.32. The first-order chi connectivity index (χ1) is 9.65. The predicted molar refractivity (Wildman–Crippen MR) is 81.5 cm³/mol. The number of aliphatic hydroxyl groups is 1. The number of rotatable bonds is 6. The van der Waals surface area contributed by atoms with Gasteiger partial charge in [0.15, 0.2) is 5.16 Å². The minimum absolute atomic E-state index is 0.479. The van der Waals surface area contributed by atoms with Crippen LogP contribution in [0, 0.1) is 0 Å². The first-order valence-electron chi connectivity index (χ1n) is 6.86. The first-order valence-corrected chi connectivity index (χ1v) is 8.08. The molecule has 20 heavy (non-hydrogen) atoms. The van der Waals surface area contributed by atoms with Crippen molar-refractivity contribution in [1.29, 1.82) is 0 Å². The van der Waals surface area contributed by atoms with E-state index in [0.717, 1.165) is 18.2 Å². The van der Waals surface area contributed by atoms with Gasteiger partial charge in [0.1, 0.15) is 11.6 Å². The molecular formula is C13H22N4O2S. The van der Waals surface area contributed by atoms with Crippen molar-refractivity contribution in [3.63, 3.8) is 0 Å². The van der Waals surface area contributed by atoms with Crippen LogP contribution in [0.1, 0.15) is 19.8 Å². The van der Waals surface area contributed by atoms with Crippen molar-refractivity contribution >= 4 is 23.4 Å². The van der Waals surface area contributed by atoms with Crippen LogP contribution >= 0.6 is 11.8 Å². The summed E-state index contributed by atoms with van der Waals surface area (Å²) in [6.45, 7) is 4.54. The molecule has 0 atom stereocenters. The van der Waals surface area contributed by atoms with Crippen LogP contribution in [0.5, 0.6) is 0 Å². The summed E-state index contributed by atoms with van der Waals surface area (Å²) >= 11 is 1.50. The molecule has 0 amide bonds. The molecule has 1 aromatic heterocycles. The molecule has 2 heterocycles. The summed E-state index contributed by atoms with van der Waals surface area (Å²) in [7, 11) is 0. The van der Waals surface area contributed by atoms with Gasteiger partial charge in [-0.15, -0.1) is 0 Å². The Balaban J connectivity index is 2.02. The molecule has 1 aliphatic rings. The lowest BCUT2D eigenvalue weighted by molar-refractivity contribution is -0.0543. The summed E-state index contributed by atoms with van der Waals surface area (Å²) in [5.74, 6) is 1.54. The number of nitrogens with zero attached hydrogens (tertiary/aromatic N) is 2. The van der Waals surface area contributed by atoms with Gasteiger partial charge in [-0.2, -0.15) is 0 Å². The highest BCUT2D eigenvalue weighted by Crippen LogP contribution is 2.22. The topological polar surface area (TPSA) is 79.3 Å². The number of nitrogens with one attached hydrogen (secondary N) is 2. The number of anilines is 2. The SMILES string of the molecule is CCNc1cc(NCC2(O)CCOCC2)nc(SC)n1. The van der Waals surface area contributed by atoms with Gasteiger partial charge in [-0.3, -0.25) is 0 Å². The minimum Gasteiger partial charge on any atom is -0.388 e. The molecule has 3 N–H and O–H groups in total. The van der Waals surface area contributed by atoms with Crippen LogP contribution in [0.15, 0.2) is 11.2 Å². The third kappa shape index (κ3) is 4.22. The summed E-state index contributed by atoms with van der Waals surface area (Å²) in [4.78, 5) is 8.78. The van der Waals surface area contributed by atoms with E-state index in [2.05, 4.69) is 20.6 Å². The Morgan fingerprint density at radius 2 is 1.95 bits per heavy atom. The van der Waals surface area contributed by atoms with Gasteiger partial charge < -0.3 is 20.5 Å². The van der Waals surface area contributed by atoms with Crippen LogP contribution in [0.3, 0.4) is 0 Å². The van der Waals surface area contributed by atoms with E-state index in [4.69, 9.17) is 4.74 Å².